The molecule has 0 saturated carbocycles. The topological polar surface area (TPSA) is 44.4 Å². The number of hydrogen-bond donors (Lipinski definition) is 2. The van der Waals surface area contributed by atoms with Crippen LogP contribution in [0.2, 0.25) is 0 Å². The summed E-state index contributed by atoms with van der Waals surface area (Å²) in [5, 5.41) is 5.80. The van der Waals surface area contributed by atoms with Gasteiger partial charge in [-0.3, -0.25) is 9.69 Å². The molecule has 2 rings (SSSR count). The Hall–Kier alpha value is -1.53. The third-order valence-corrected chi connectivity index (χ3v) is 3.45. The van der Waals surface area contributed by atoms with Gasteiger partial charge in [0.25, 0.3) is 0 Å². The van der Waals surface area contributed by atoms with E-state index >= 15 is 0 Å². The Bertz CT molecular complexity index is 485. The zero-order chi connectivity index (χ0) is 14.8. The lowest BCUT2D eigenvalue weighted by Gasteiger charge is -2.42. The van der Waals surface area contributed by atoms with E-state index in [0.717, 1.165) is 37.8 Å². The fraction of sp³-hybridized carbons (Fsp3) is 0.500. The minimum absolute atomic E-state index is 0.122. The Labute approximate surface area is 117 Å². The minimum Gasteiger partial charge on any atom is -0.325 e. The van der Waals surface area contributed by atoms with Gasteiger partial charge in [-0.15, -0.1) is 0 Å². The minimum atomic E-state index is -0.706. The zero-order valence-corrected chi connectivity index (χ0v) is 11.7. The molecular formula is C14H19F2N3O. The summed E-state index contributed by atoms with van der Waals surface area (Å²) in [5.41, 5.74) is 0.0171. The first-order valence-corrected chi connectivity index (χ1v) is 6.58. The molecule has 1 aliphatic rings. The van der Waals surface area contributed by atoms with Crippen molar-refractivity contribution in [2.45, 2.75) is 19.4 Å². The number of carbonyl (C=O) groups excluding carboxylic acids is 1. The van der Waals surface area contributed by atoms with Gasteiger partial charge in [-0.2, -0.15) is 0 Å². The Morgan fingerprint density at radius 3 is 2.60 bits per heavy atom. The number of nitrogens with one attached hydrogen (secondary N) is 2. The van der Waals surface area contributed by atoms with Gasteiger partial charge in [0.1, 0.15) is 11.6 Å². The molecule has 0 unspecified atom stereocenters. The average molecular weight is 283 g/mol. The van der Waals surface area contributed by atoms with Crippen molar-refractivity contribution in [1.82, 2.24) is 10.2 Å². The van der Waals surface area contributed by atoms with Crippen molar-refractivity contribution in [2.24, 2.45) is 0 Å². The van der Waals surface area contributed by atoms with Crippen molar-refractivity contribution in [3.8, 4) is 0 Å². The molecule has 1 amide bonds. The number of nitrogens with zero attached hydrogens (tertiary/aromatic N) is 1. The summed E-state index contributed by atoms with van der Waals surface area (Å²) in [5.74, 6) is -1.68. The van der Waals surface area contributed by atoms with Crippen molar-refractivity contribution in [2.75, 3.05) is 31.5 Å². The van der Waals surface area contributed by atoms with Crippen LogP contribution in [-0.2, 0) is 4.79 Å². The van der Waals surface area contributed by atoms with Gasteiger partial charge in [-0.05, 0) is 26.0 Å². The summed E-state index contributed by atoms with van der Waals surface area (Å²) in [6.07, 6.45) is 0. The molecule has 4 nitrogen and oxygen atoms in total. The summed E-state index contributed by atoms with van der Waals surface area (Å²) in [6, 6.07) is 2.98. The van der Waals surface area contributed by atoms with Crippen LogP contribution in [-0.4, -0.2) is 42.5 Å². The van der Waals surface area contributed by atoms with Crippen LogP contribution in [0.3, 0.4) is 0 Å². The van der Waals surface area contributed by atoms with E-state index in [4.69, 9.17) is 0 Å². The van der Waals surface area contributed by atoms with E-state index in [2.05, 4.69) is 15.5 Å². The summed E-state index contributed by atoms with van der Waals surface area (Å²) in [4.78, 5) is 14.0. The molecule has 0 spiro atoms. The smallest absolute Gasteiger partial charge is 0.238 e. The first-order chi connectivity index (χ1) is 9.37. The van der Waals surface area contributed by atoms with Crippen molar-refractivity contribution in [3.05, 3.63) is 29.8 Å². The highest BCUT2D eigenvalue weighted by molar-refractivity contribution is 5.92. The van der Waals surface area contributed by atoms with Crippen LogP contribution >= 0.6 is 0 Å². The van der Waals surface area contributed by atoms with E-state index in [1.54, 1.807) is 0 Å². The summed E-state index contributed by atoms with van der Waals surface area (Å²) in [6.45, 7) is 6.69. The molecule has 1 heterocycles. The third-order valence-electron chi connectivity index (χ3n) is 3.45. The fourth-order valence-electron chi connectivity index (χ4n) is 2.32. The predicted octanol–water partition coefficient (Wildman–Crippen LogP) is 1.59. The lowest BCUT2D eigenvalue weighted by molar-refractivity contribution is -0.119. The molecule has 1 saturated heterocycles. The lowest BCUT2D eigenvalue weighted by atomic mass is 10.0. The van der Waals surface area contributed by atoms with Gasteiger partial charge in [-0.1, -0.05) is 0 Å². The number of amides is 1. The van der Waals surface area contributed by atoms with E-state index in [0.29, 0.717) is 0 Å². The number of piperazine rings is 1. The number of halogens is 2. The third kappa shape index (κ3) is 3.74. The van der Waals surface area contributed by atoms with E-state index < -0.39 is 11.6 Å². The van der Waals surface area contributed by atoms with Crippen molar-refractivity contribution < 1.29 is 13.6 Å². The van der Waals surface area contributed by atoms with Crippen LogP contribution in [0.25, 0.3) is 0 Å². The zero-order valence-electron chi connectivity index (χ0n) is 11.7. The van der Waals surface area contributed by atoms with E-state index in [9.17, 15) is 13.6 Å². The maximum absolute atomic E-state index is 13.1. The maximum Gasteiger partial charge on any atom is 0.238 e. The second-order valence-corrected chi connectivity index (χ2v) is 5.62. The molecule has 110 valence electrons. The molecule has 0 aliphatic carbocycles. The molecule has 0 radical (unpaired) electrons. The van der Waals surface area contributed by atoms with Crippen molar-refractivity contribution in [3.63, 3.8) is 0 Å². The molecule has 6 heteroatoms. The number of hydrogen-bond acceptors (Lipinski definition) is 3. The first kappa shape index (κ1) is 14.9. The average Bonchev–Trinajstić information content (AvgIpc) is 2.30. The molecule has 1 fully saturated rings. The number of anilines is 1. The molecule has 0 atom stereocenters. The molecule has 1 aliphatic heterocycles. The van der Waals surface area contributed by atoms with Crippen molar-refractivity contribution >= 4 is 11.6 Å². The molecule has 2 N–H and O–H groups in total. The molecule has 0 aromatic heterocycles. The highest BCUT2D eigenvalue weighted by atomic mass is 19.1. The Morgan fingerprint density at radius 1 is 1.35 bits per heavy atom. The maximum atomic E-state index is 13.1. The fourth-order valence-corrected chi connectivity index (χ4v) is 2.32. The SMILES string of the molecule is CC1(C)CNCCN1CC(=O)Nc1cc(F)cc(F)c1. The van der Waals surface area contributed by atoms with E-state index in [1.165, 1.54) is 0 Å². The summed E-state index contributed by atoms with van der Waals surface area (Å²) < 4.78 is 26.1. The van der Waals surface area contributed by atoms with E-state index in [1.807, 2.05) is 13.8 Å². The normalized spacial score (nSPS) is 18.8. The second-order valence-electron chi connectivity index (χ2n) is 5.62. The van der Waals surface area contributed by atoms with Gasteiger partial charge in [0, 0.05) is 36.9 Å². The van der Waals surface area contributed by atoms with Gasteiger partial charge in [-0.25, -0.2) is 8.78 Å². The number of benzene rings is 1. The Kier molecular flexibility index (Phi) is 4.35. The van der Waals surface area contributed by atoms with Gasteiger partial charge >= 0.3 is 0 Å². The van der Waals surface area contributed by atoms with E-state index in [-0.39, 0.29) is 23.7 Å². The van der Waals surface area contributed by atoms with Crippen LogP contribution in [0.1, 0.15) is 13.8 Å². The van der Waals surface area contributed by atoms with Crippen LogP contribution in [0.15, 0.2) is 18.2 Å². The largest absolute Gasteiger partial charge is 0.325 e. The van der Waals surface area contributed by atoms with Gasteiger partial charge < -0.3 is 10.6 Å². The van der Waals surface area contributed by atoms with Gasteiger partial charge in [0.15, 0.2) is 0 Å². The second kappa shape index (κ2) is 5.85. The molecule has 1 aromatic carbocycles. The first-order valence-electron chi connectivity index (χ1n) is 6.58. The monoisotopic (exact) mass is 283 g/mol. The molecular weight excluding hydrogens is 264 g/mol. The Balaban J connectivity index is 1.98. The van der Waals surface area contributed by atoms with Gasteiger partial charge in [0.05, 0.1) is 6.54 Å². The molecule has 1 aromatic rings. The van der Waals surface area contributed by atoms with Crippen molar-refractivity contribution in [1.29, 1.82) is 0 Å². The highest BCUT2D eigenvalue weighted by Gasteiger charge is 2.30. The van der Waals surface area contributed by atoms with Crippen LogP contribution in [0.4, 0.5) is 14.5 Å². The van der Waals surface area contributed by atoms with Gasteiger partial charge in [0.2, 0.25) is 5.91 Å². The van der Waals surface area contributed by atoms with Crippen LogP contribution in [0.5, 0.6) is 0 Å². The quantitative estimate of drug-likeness (QED) is 0.885. The highest BCUT2D eigenvalue weighted by Crippen LogP contribution is 2.17. The number of rotatable bonds is 3. The van der Waals surface area contributed by atoms with Crippen LogP contribution < -0.4 is 10.6 Å². The van der Waals surface area contributed by atoms with Crippen LogP contribution in [0, 0.1) is 11.6 Å². The lowest BCUT2D eigenvalue weighted by Crippen LogP contribution is -2.59. The predicted molar refractivity (Wildman–Crippen MR) is 73.5 cm³/mol. The summed E-state index contributed by atoms with van der Waals surface area (Å²) in [7, 11) is 0. The molecule has 20 heavy (non-hydrogen) atoms. The summed E-state index contributed by atoms with van der Waals surface area (Å²) >= 11 is 0. The standard InChI is InChI=1S/C14H19F2N3O/c1-14(2)9-17-3-4-19(14)8-13(20)18-12-6-10(15)5-11(16)7-12/h5-7,17H,3-4,8-9H2,1-2H3,(H,18,20). The Morgan fingerprint density at radius 2 is 2.00 bits per heavy atom. The number of carbonyl (C=O) groups is 1. The molecule has 0 bridgehead atoms.